The lowest BCUT2D eigenvalue weighted by atomic mass is 10.2. The van der Waals surface area contributed by atoms with E-state index in [9.17, 15) is 13.2 Å². The molecule has 1 aliphatic carbocycles. The van der Waals surface area contributed by atoms with E-state index in [4.69, 9.17) is 0 Å². The van der Waals surface area contributed by atoms with Gasteiger partial charge in [0.2, 0.25) is 0 Å². The van der Waals surface area contributed by atoms with E-state index in [0.29, 0.717) is 0 Å². The zero-order chi connectivity index (χ0) is 11.3. The lowest BCUT2D eigenvalue weighted by Gasteiger charge is -2.20. The zero-order valence-corrected chi connectivity index (χ0v) is 8.67. The van der Waals surface area contributed by atoms with Crippen molar-refractivity contribution in [3.05, 3.63) is 29.8 Å². The summed E-state index contributed by atoms with van der Waals surface area (Å²) in [6, 6.07) is 5.49. The van der Waals surface area contributed by atoms with Gasteiger partial charge in [-0.3, -0.25) is 0 Å². The Labute approximate surface area is 91.9 Å². The molecule has 0 N–H and O–H groups in total. The number of anilines is 1. The van der Waals surface area contributed by atoms with Crippen molar-refractivity contribution in [3.8, 4) is 0 Å². The van der Waals surface area contributed by atoms with Crippen LogP contribution in [0.4, 0.5) is 18.9 Å². The van der Waals surface area contributed by atoms with E-state index in [1.54, 1.807) is 12.1 Å². The highest BCUT2D eigenvalue weighted by atomic mass is 19.4. The molecular weight excluding hydrogens is 215 g/mol. The minimum absolute atomic E-state index is 0.569. The van der Waals surface area contributed by atoms with Gasteiger partial charge < -0.3 is 4.90 Å². The third-order valence-corrected chi connectivity index (χ3v) is 3.54. The number of rotatable bonds is 1. The molecule has 1 aromatic rings. The van der Waals surface area contributed by atoms with Crippen LogP contribution in [-0.2, 0) is 6.18 Å². The van der Waals surface area contributed by atoms with Gasteiger partial charge in [-0.1, -0.05) is 0 Å². The van der Waals surface area contributed by atoms with Gasteiger partial charge in [0.15, 0.2) is 0 Å². The van der Waals surface area contributed by atoms with E-state index in [-0.39, 0.29) is 0 Å². The number of piperidine rings is 1. The standard InChI is InChI=1S/C12H12F3N/c13-12(14,15)10-1-3-11(4-2-10)16-6-8-5-9(8)7-16/h1-4,8-9H,5-7H2/t8-,9+. The molecule has 4 heteroatoms. The quantitative estimate of drug-likeness (QED) is 0.712. The fraction of sp³-hybridized carbons (Fsp3) is 0.500. The van der Waals surface area contributed by atoms with Crippen LogP contribution in [0.2, 0.25) is 0 Å². The van der Waals surface area contributed by atoms with Crippen molar-refractivity contribution in [2.45, 2.75) is 12.6 Å². The monoisotopic (exact) mass is 227 g/mol. The van der Waals surface area contributed by atoms with E-state index in [1.807, 2.05) is 0 Å². The maximum atomic E-state index is 12.4. The molecule has 16 heavy (non-hydrogen) atoms. The first-order valence-corrected chi connectivity index (χ1v) is 5.46. The smallest absolute Gasteiger partial charge is 0.371 e. The van der Waals surface area contributed by atoms with Crippen molar-refractivity contribution in [2.24, 2.45) is 11.8 Å². The average molecular weight is 227 g/mol. The highest BCUT2D eigenvalue weighted by molar-refractivity contribution is 5.50. The maximum absolute atomic E-state index is 12.4. The van der Waals surface area contributed by atoms with Gasteiger partial charge in [-0.2, -0.15) is 13.2 Å². The van der Waals surface area contributed by atoms with Gasteiger partial charge in [-0.25, -0.2) is 0 Å². The molecule has 0 radical (unpaired) electrons. The van der Waals surface area contributed by atoms with Crippen LogP contribution in [0.25, 0.3) is 0 Å². The van der Waals surface area contributed by atoms with E-state index in [2.05, 4.69) is 4.90 Å². The fourth-order valence-corrected chi connectivity index (χ4v) is 2.47. The molecule has 1 saturated carbocycles. The van der Waals surface area contributed by atoms with Crippen molar-refractivity contribution >= 4 is 5.69 Å². The molecular formula is C12H12F3N. The van der Waals surface area contributed by atoms with Crippen LogP contribution in [0.15, 0.2) is 24.3 Å². The largest absolute Gasteiger partial charge is 0.416 e. The molecule has 2 fully saturated rings. The van der Waals surface area contributed by atoms with Crippen LogP contribution in [0.3, 0.4) is 0 Å². The first kappa shape index (κ1) is 10.00. The summed E-state index contributed by atoms with van der Waals surface area (Å²) in [5.41, 5.74) is 0.348. The molecule has 1 heterocycles. The molecule has 1 nitrogen and oxygen atoms in total. The van der Waals surface area contributed by atoms with Gasteiger partial charge in [0.1, 0.15) is 0 Å². The topological polar surface area (TPSA) is 3.24 Å². The Bertz CT molecular complexity index is 386. The van der Waals surface area contributed by atoms with Gasteiger partial charge in [0, 0.05) is 18.8 Å². The second-order valence-corrected chi connectivity index (χ2v) is 4.71. The first-order chi connectivity index (χ1) is 7.54. The molecule has 3 rings (SSSR count). The van der Waals surface area contributed by atoms with Crippen LogP contribution < -0.4 is 4.90 Å². The summed E-state index contributed by atoms with van der Waals surface area (Å²) in [6.07, 6.45) is -2.93. The molecule has 1 aliphatic heterocycles. The SMILES string of the molecule is FC(F)(F)c1ccc(N2C[C@H]3C[C@H]3C2)cc1. The second-order valence-electron chi connectivity index (χ2n) is 4.71. The molecule has 0 aromatic heterocycles. The highest BCUT2D eigenvalue weighted by Gasteiger charge is 2.45. The second kappa shape index (κ2) is 3.15. The third kappa shape index (κ3) is 1.66. The molecule has 2 aliphatic rings. The summed E-state index contributed by atoms with van der Waals surface area (Å²) in [5, 5.41) is 0. The Hall–Kier alpha value is -1.19. The molecule has 0 spiro atoms. The van der Waals surface area contributed by atoms with Gasteiger partial charge >= 0.3 is 6.18 Å². The fourth-order valence-electron chi connectivity index (χ4n) is 2.47. The predicted octanol–water partition coefficient (Wildman–Crippen LogP) is 3.16. The van der Waals surface area contributed by atoms with Crippen molar-refractivity contribution in [2.75, 3.05) is 18.0 Å². The minimum Gasteiger partial charge on any atom is -0.371 e. The van der Waals surface area contributed by atoms with Gasteiger partial charge in [0.05, 0.1) is 5.56 Å². The Morgan fingerprint density at radius 3 is 2.06 bits per heavy atom. The number of nitrogens with zero attached hydrogens (tertiary/aromatic N) is 1. The molecule has 0 unspecified atom stereocenters. The molecule has 1 saturated heterocycles. The van der Waals surface area contributed by atoms with E-state index in [0.717, 1.165) is 30.6 Å². The normalized spacial score (nSPS) is 28.1. The molecule has 1 aromatic carbocycles. The summed E-state index contributed by atoms with van der Waals surface area (Å²) in [4.78, 5) is 2.18. The number of hydrogen-bond acceptors (Lipinski definition) is 1. The van der Waals surface area contributed by atoms with Gasteiger partial charge in [0.25, 0.3) is 0 Å². The van der Waals surface area contributed by atoms with Gasteiger partial charge in [-0.05, 0) is 42.5 Å². The lowest BCUT2D eigenvalue weighted by molar-refractivity contribution is -0.137. The Morgan fingerprint density at radius 1 is 1.00 bits per heavy atom. The summed E-state index contributed by atoms with van der Waals surface area (Å²) in [7, 11) is 0. The lowest BCUT2D eigenvalue weighted by Crippen LogP contribution is -2.21. The van der Waals surface area contributed by atoms with Crippen LogP contribution in [0.1, 0.15) is 12.0 Å². The minimum atomic E-state index is -4.23. The predicted molar refractivity (Wildman–Crippen MR) is 55.3 cm³/mol. The van der Waals surface area contributed by atoms with Crippen LogP contribution in [0.5, 0.6) is 0 Å². The number of halogens is 3. The summed E-state index contributed by atoms with van der Waals surface area (Å²) in [5.74, 6) is 1.59. The van der Waals surface area contributed by atoms with Crippen molar-refractivity contribution in [1.82, 2.24) is 0 Å². The molecule has 0 amide bonds. The molecule has 86 valence electrons. The number of hydrogen-bond donors (Lipinski definition) is 0. The van der Waals surface area contributed by atoms with Crippen LogP contribution in [-0.4, -0.2) is 13.1 Å². The number of alkyl halides is 3. The van der Waals surface area contributed by atoms with E-state index < -0.39 is 11.7 Å². The van der Waals surface area contributed by atoms with Crippen molar-refractivity contribution < 1.29 is 13.2 Å². The van der Waals surface area contributed by atoms with Crippen molar-refractivity contribution in [1.29, 1.82) is 0 Å². The van der Waals surface area contributed by atoms with Crippen LogP contribution >= 0.6 is 0 Å². The van der Waals surface area contributed by atoms with Crippen molar-refractivity contribution in [3.63, 3.8) is 0 Å². The average Bonchev–Trinajstić information content (AvgIpc) is 2.85. The Balaban J connectivity index is 1.77. The number of benzene rings is 1. The molecule has 0 bridgehead atoms. The Morgan fingerprint density at radius 2 is 1.56 bits per heavy atom. The van der Waals surface area contributed by atoms with Crippen LogP contribution in [0, 0.1) is 11.8 Å². The highest BCUT2D eigenvalue weighted by Crippen LogP contribution is 2.46. The maximum Gasteiger partial charge on any atom is 0.416 e. The van der Waals surface area contributed by atoms with Gasteiger partial charge in [-0.15, -0.1) is 0 Å². The third-order valence-electron chi connectivity index (χ3n) is 3.54. The summed E-state index contributed by atoms with van der Waals surface area (Å²) >= 11 is 0. The first-order valence-electron chi connectivity index (χ1n) is 5.46. The number of fused-ring (bicyclic) bond motifs is 1. The Kier molecular flexibility index (Phi) is 1.97. The van der Waals surface area contributed by atoms with E-state index >= 15 is 0 Å². The summed E-state index contributed by atoms with van der Waals surface area (Å²) < 4.78 is 37.1. The van der Waals surface area contributed by atoms with E-state index in [1.165, 1.54) is 18.6 Å². The summed E-state index contributed by atoms with van der Waals surface area (Å²) in [6.45, 7) is 2.02. The zero-order valence-electron chi connectivity index (χ0n) is 8.67. The molecule has 2 atom stereocenters.